The Hall–Kier alpha value is -2.29. The minimum Gasteiger partial charge on any atom is -0.478 e. The summed E-state index contributed by atoms with van der Waals surface area (Å²) in [5, 5.41) is 9.03. The molecule has 0 saturated carbocycles. The van der Waals surface area contributed by atoms with E-state index in [1.54, 1.807) is 24.3 Å². The zero-order valence-electron chi connectivity index (χ0n) is 15.6. The summed E-state index contributed by atoms with van der Waals surface area (Å²) in [5.74, 6) is -2.10. The number of halogens is 1. The summed E-state index contributed by atoms with van der Waals surface area (Å²) in [6, 6.07) is 6.65. The van der Waals surface area contributed by atoms with Gasteiger partial charge in [0, 0.05) is 32.2 Å². The second kappa shape index (κ2) is 8.38. The van der Waals surface area contributed by atoms with E-state index in [2.05, 4.69) is 0 Å². The molecule has 1 unspecified atom stereocenters. The lowest BCUT2D eigenvalue weighted by Gasteiger charge is -2.36. The molecule has 1 aliphatic heterocycles. The number of hydrogen-bond donors (Lipinski definition) is 1. The Morgan fingerprint density at radius 1 is 1.11 bits per heavy atom. The van der Waals surface area contributed by atoms with Gasteiger partial charge in [-0.05, 0) is 36.3 Å². The van der Waals surface area contributed by atoms with Crippen LogP contribution >= 0.6 is 0 Å². The van der Waals surface area contributed by atoms with Crippen LogP contribution in [0.3, 0.4) is 0 Å². The first-order valence-electron chi connectivity index (χ1n) is 9.15. The molecule has 6 nitrogen and oxygen atoms in total. The van der Waals surface area contributed by atoms with E-state index in [-0.39, 0.29) is 16.5 Å². The van der Waals surface area contributed by atoms with E-state index < -0.39 is 21.8 Å². The van der Waals surface area contributed by atoms with Gasteiger partial charge in [-0.15, -0.1) is 0 Å². The zero-order valence-corrected chi connectivity index (χ0v) is 16.4. The Bertz CT molecular complexity index is 927. The van der Waals surface area contributed by atoms with Crippen molar-refractivity contribution in [3.8, 4) is 0 Å². The van der Waals surface area contributed by atoms with Gasteiger partial charge in [-0.25, -0.2) is 17.6 Å². The van der Waals surface area contributed by atoms with Crippen molar-refractivity contribution in [2.75, 3.05) is 26.2 Å². The van der Waals surface area contributed by atoms with Gasteiger partial charge < -0.3 is 5.11 Å². The molecule has 1 aromatic rings. The van der Waals surface area contributed by atoms with Gasteiger partial charge >= 0.3 is 5.97 Å². The van der Waals surface area contributed by atoms with Gasteiger partial charge in [-0.1, -0.05) is 31.2 Å². The molecule has 1 heterocycles. The molecule has 1 atom stereocenters. The molecule has 1 N–H and O–H groups in total. The molecule has 2 aliphatic rings. The van der Waals surface area contributed by atoms with Crippen molar-refractivity contribution in [2.45, 2.75) is 24.3 Å². The summed E-state index contributed by atoms with van der Waals surface area (Å²) >= 11 is 0. The quantitative estimate of drug-likeness (QED) is 0.812. The van der Waals surface area contributed by atoms with Crippen molar-refractivity contribution in [2.24, 2.45) is 0 Å². The molecular formula is C20H23FN2O4S. The zero-order chi connectivity index (χ0) is 20.3. The maximum absolute atomic E-state index is 13.8. The van der Waals surface area contributed by atoms with Crippen LogP contribution in [0.1, 0.15) is 12.5 Å². The average molecular weight is 406 g/mol. The Morgan fingerprint density at radius 2 is 1.71 bits per heavy atom. The van der Waals surface area contributed by atoms with E-state index in [1.165, 1.54) is 10.4 Å². The number of aryl methyl sites for hydroxylation is 1. The van der Waals surface area contributed by atoms with Crippen molar-refractivity contribution < 1.29 is 22.7 Å². The monoisotopic (exact) mass is 406 g/mol. The highest BCUT2D eigenvalue weighted by atomic mass is 32.2. The van der Waals surface area contributed by atoms with E-state index in [9.17, 15) is 17.6 Å². The lowest BCUT2D eigenvalue weighted by Crippen LogP contribution is -2.51. The molecule has 0 aromatic heterocycles. The Morgan fingerprint density at radius 3 is 2.29 bits per heavy atom. The van der Waals surface area contributed by atoms with Crippen molar-refractivity contribution in [1.82, 2.24) is 9.21 Å². The van der Waals surface area contributed by atoms with E-state index in [0.29, 0.717) is 26.2 Å². The predicted molar refractivity (Wildman–Crippen MR) is 104 cm³/mol. The number of benzene rings is 1. The van der Waals surface area contributed by atoms with Crippen LogP contribution < -0.4 is 0 Å². The van der Waals surface area contributed by atoms with E-state index in [4.69, 9.17) is 5.11 Å². The van der Waals surface area contributed by atoms with Crippen LogP contribution in [0.25, 0.3) is 0 Å². The van der Waals surface area contributed by atoms with Crippen LogP contribution in [0.5, 0.6) is 0 Å². The van der Waals surface area contributed by atoms with Gasteiger partial charge in [0.25, 0.3) is 0 Å². The molecule has 150 valence electrons. The number of piperazine rings is 1. The molecule has 3 rings (SSSR count). The highest BCUT2D eigenvalue weighted by Gasteiger charge is 2.30. The summed E-state index contributed by atoms with van der Waals surface area (Å²) in [7, 11) is -3.55. The summed E-state index contributed by atoms with van der Waals surface area (Å²) in [6.45, 7) is 3.58. The fourth-order valence-corrected chi connectivity index (χ4v) is 4.74. The fourth-order valence-electron chi connectivity index (χ4n) is 3.32. The second-order valence-corrected chi connectivity index (χ2v) is 8.65. The molecule has 0 amide bonds. The van der Waals surface area contributed by atoms with Crippen LogP contribution in [0, 0.1) is 0 Å². The van der Waals surface area contributed by atoms with Crippen LogP contribution in [0.2, 0.25) is 0 Å². The van der Waals surface area contributed by atoms with Gasteiger partial charge in [0.15, 0.2) is 0 Å². The van der Waals surface area contributed by atoms with Crippen molar-refractivity contribution in [1.29, 1.82) is 0 Å². The van der Waals surface area contributed by atoms with E-state index in [1.807, 2.05) is 24.0 Å². The molecule has 1 aliphatic carbocycles. The molecule has 0 spiro atoms. The summed E-state index contributed by atoms with van der Waals surface area (Å²) < 4.78 is 41.0. The van der Waals surface area contributed by atoms with Crippen molar-refractivity contribution >= 4 is 16.0 Å². The Kier molecular flexibility index (Phi) is 6.12. The fraction of sp³-hybridized carbons (Fsp3) is 0.350. The number of carboxylic acid groups (broad SMARTS) is 1. The maximum atomic E-state index is 13.8. The van der Waals surface area contributed by atoms with Crippen LogP contribution in [-0.4, -0.2) is 60.9 Å². The summed E-state index contributed by atoms with van der Waals surface area (Å²) in [5.41, 5.74) is 0.702. The van der Waals surface area contributed by atoms with Crippen molar-refractivity contribution in [3.63, 3.8) is 0 Å². The normalized spacial score (nSPS) is 21.7. The van der Waals surface area contributed by atoms with Gasteiger partial charge in [0.1, 0.15) is 5.83 Å². The lowest BCUT2D eigenvalue weighted by molar-refractivity contribution is -0.132. The molecule has 28 heavy (non-hydrogen) atoms. The molecular weight excluding hydrogens is 383 g/mol. The number of hydrogen-bond acceptors (Lipinski definition) is 4. The Balaban J connectivity index is 1.67. The Labute approximate surface area is 164 Å². The third-order valence-corrected chi connectivity index (χ3v) is 6.96. The highest BCUT2D eigenvalue weighted by Crippen LogP contribution is 2.22. The molecule has 0 bridgehead atoms. The maximum Gasteiger partial charge on any atom is 0.338 e. The minimum absolute atomic E-state index is 0.281. The van der Waals surface area contributed by atoms with E-state index >= 15 is 0 Å². The number of carboxylic acids is 1. The number of nitrogens with zero attached hydrogens (tertiary/aromatic N) is 2. The molecule has 1 saturated heterocycles. The van der Waals surface area contributed by atoms with Crippen LogP contribution in [0.4, 0.5) is 4.39 Å². The van der Waals surface area contributed by atoms with Gasteiger partial charge in [0.2, 0.25) is 10.0 Å². The number of carbonyl (C=O) groups is 1. The third kappa shape index (κ3) is 4.24. The highest BCUT2D eigenvalue weighted by molar-refractivity contribution is 7.89. The SMILES string of the molecule is CCc1ccc(S(=O)(=O)N2CCN(C3C=CC(F)=C(C(=O)O)C=C3)CC2)cc1. The molecule has 1 aromatic carbocycles. The molecule has 8 heteroatoms. The summed E-state index contributed by atoms with van der Waals surface area (Å²) in [4.78, 5) is 13.3. The standard InChI is InChI=1S/C20H23FN2O4S/c1-2-15-3-7-17(8-4-15)28(26,27)23-13-11-22(12-14-23)16-5-9-18(20(24)25)19(21)10-6-16/h3-10,16H,2,11-14H2,1H3,(H,24,25). The topological polar surface area (TPSA) is 77.9 Å². The smallest absolute Gasteiger partial charge is 0.338 e. The van der Waals surface area contributed by atoms with Crippen LogP contribution in [0.15, 0.2) is 64.9 Å². The van der Waals surface area contributed by atoms with Gasteiger partial charge in [-0.2, -0.15) is 4.31 Å². The molecule has 1 fully saturated rings. The lowest BCUT2D eigenvalue weighted by atomic mass is 10.2. The number of rotatable bonds is 5. The third-order valence-electron chi connectivity index (χ3n) is 5.05. The summed E-state index contributed by atoms with van der Waals surface area (Å²) in [6.07, 6.45) is 6.49. The number of sulfonamides is 1. The van der Waals surface area contributed by atoms with Gasteiger partial charge in [0.05, 0.1) is 10.5 Å². The molecule has 0 radical (unpaired) electrons. The van der Waals surface area contributed by atoms with Gasteiger partial charge in [-0.3, -0.25) is 4.90 Å². The van der Waals surface area contributed by atoms with Crippen LogP contribution in [-0.2, 0) is 21.2 Å². The average Bonchev–Trinajstić information content (AvgIpc) is 2.90. The largest absolute Gasteiger partial charge is 0.478 e. The van der Waals surface area contributed by atoms with E-state index in [0.717, 1.165) is 18.1 Å². The predicted octanol–water partition coefficient (Wildman–Crippen LogP) is 2.36. The first-order chi connectivity index (χ1) is 13.3. The number of aliphatic carboxylic acids is 1. The van der Waals surface area contributed by atoms with Crippen molar-refractivity contribution in [3.05, 3.63) is 65.5 Å². The second-order valence-electron chi connectivity index (χ2n) is 6.71. The first kappa shape index (κ1) is 20.4. The number of allylic oxidation sites excluding steroid dienone is 2. The first-order valence-corrected chi connectivity index (χ1v) is 10.6. The minimum atomic E-state index is -3.55.